The highest BCUT2D eigenvalue weighted by molar-refractivity contribution is 7.99. The van der Waals surface area contributed by atoms with Crippen molar-refractivity contribution in [3.8, 4) is 16.8 Å². The van der Waals surface area contributed by atoms with Gasteiger partial charge in [-0.05, 0) is 35.9 Å². The molecule has 4 nitrogen and oxygen atoms in total. The Bertz CT molecular complexity index is 992. The molecular formula is C18H15F3N3OS. The maximum Gasteiger partial charge on any atom is 0.452 e. The summed E-state index contributed by atoms with van der Waals surface area (Å²) in [4.78, 5) is 13.0. The summed E-state index contributed by atoms with van der Waals surface area (Å²) in [7, 11) is 0. The Labute approximate surface area is 152 Å². The Balaban J connectivity index is 2.28. The van der Waals surface area contributed by atoms with Gasteiger partial charge in [-0.1, -0.05) is 37.3 Å². The van der Waals surface area contributed by atoms with Gasteiger partial charge in [0, 0.05) is 10.5 Å². The van der Waals surface area contributed by atoms with E-state index in [2.05, 4.69) is 12.0 Å². The van der Waals surface area contributed by atoms with Crippen LogP contribution in [0.3, 0.4) is 0 Å². The van der Waals surface area contributed by atoms with Crippen molar-refractivity contribution in [2.75, 3.05) is 5.75 Å². The van der Waals surface area contributed by atoms with Crippen LogP contribution >= 0.6 is 11.8 Å². The number of aromatic nitrogens is 3. The van der Waals surface area contributed by atoms with Crippen molar-refractivity contribution in [2.24, 2.45) is 0 Å². The Hall–Kier alpha value is -2.48. The molecule has 0 aliphatic carbocycles. The molecule has 0 aliphatic heterocycles. The van der Waals surface area contributed by atoms with Crippen LogP contribution in [0, 0.1) is 6.92 Å². The molecular weight excluding hydrogens is 363 g/mol. The second-order valence-electron chi connectivity index (χ2n) is 5.47. The van der Waals surface area contributed by atoms with Gasteiger partial charge in [0.1, 0.15) is 0 Å². The molecule has 0 atom stereocenters. The number of hydrogen-bond acceptors (Lipinski definition) is 3. The van der Waals surface area contributed by atoms with Crippen molar-refractivity contribution in [1.29, 1.82) is 0 Å². The van der Waals surface area contributed by atoms with Crippen LogP contribution in [0.4, 0.5) is 13.2 Å². The molecule has 3 aromatic rings. The van der Waals surface area contributed by atoms with E-state index in [4.69, 9.17) is 0 Å². The number of hydrogen-bond donors (Lipinski definition) is 1. The largest absolute Gasteiger partial charge is 0.452 e. The maximum atomic E-state index is 13.3. The minimum Gasteiger partial charge on any atom is -0.246 e. The molecule has 8 heteroatoms. The number of nitrogens with zero attached hydrogens (tertiary/aromatic N) is 2. The summed E-state index contributed by atoms with van der Waals surface area (Å²) in [6.07, 6.45) is -4.76. The Morgan fingerprint density at radius 3 is 2.62 bits per heavy atom. The van der Waals surface area contributed by atoms with Crippen LogP contribution in [-0.2, 0) is 6.18 Å². The van der Waals surface area contributed by atoms with Gasteiger partial charge in [-0.15, -0.1) is 16.9 Å². The first-order valence-corrected chi connectivity index (χ1v) is 8.74. The van der Waals surface area contributed by atoms with E-state index in [9.17, 15) is 18.0 Å². The standard InChI is InChI=1S/C18H15F3N3OS/c1-3-26-15-10-11(2)8-9-13(15)12-6-4-5-7-14(12)24-16(18(19,20)21)22-23-17(24)25/h4-10H,2-3H2,1H3,(H,23,25). The van der Waals surface area contributed by atoms with Gasteiger partial charge >= 0.3 is 11.9 Å². The van der Waals surface area contributed by atoms with Crippen LogP contribution < -0.4 is 5.69 Å². The second-order valence-corrected chi connectivity index (χ2v) is 6.77. The monoisotopic (exact) mass is 378 g/mol. The van der Waals surface area contributed by atoms with Gasteiger partial charge in [-0.25, -0.2) is 14.5 Å². The minimum absolute atomic E-state index is 0.119. The second kappa shape index (κ2) is 7.03. The molecule has 1 radical (unpaired) electrons. The average molecular weight is 378 g/mol. The van der Waals surface area contributed by atoms with Gasteiger partial charge in [-0.2, -0.15) is 13.2 Å². The molecule has 1 aromatic heterocycles. The SMILES string of the molecule is [CH2]c1ccc(-c2ccccc2-n2c(C(F)(F)F)n[nH]c2=O)c(SCC)c1. The zero-order valence-corrected chi connectivity index (χ0v) is 14.6. The number of para-hydroxylation sites is 1. The van der Waals surface area contributed by atoms with Crippen LogP contribution in [0.2, 0.25) is 0 Å². The van der Waals surface area contributed by atoms with E-state index in [1.807, 2.05) is 18.1 Å². The van der Waals surface area contributed by atoms with Crippen molar-refractivity contribution in [3.63, 3.8) is 0 Å². The molecule has 0 aliphatic rings. The van der Waals surface area contributed by atoms with E-state index >= 15 is 0 Å². The first kappa shape index (κ1) is 18.3. The number of thioether (sulfide) groups is 1. The minimum atomic E-state index is -4.76. The van der Waals surface area contributed by atoms with Crippen molar-refractivity contribution >= 4 is 11.8 Å². The van der Waals surface area contributed by atoms with Gasteiger partial charge in [0.05, 0.1) is 5.69 Å². The predicted octanol–water partition coefficient (Wildman–Crippen LogP) is 4.54. The Kier molecular flexibility index (Phi) is 4.95. The fourth-order valence-corrected chi connectivity index (χ4v) is 3.55. The number of rotatable bonds is 4. The van der Waals surface area contributed by atoms with Crippen molar-refractivity contribution in [1.82, 2.24) is 14.8 Å². The summed E-state index contributed by atoms with van der Waals surface area (Å²) < 4.78 is 40.4. The summed E-state index contributed by atoms with van der Waals surface area (Å²) in [5, 5.41) is 5.05. The highest BCUT2D eigenvalue weighted by Crippen LogP contribution is 2.37. The molecule has 2 aromatic carbocycles. The number of nitrogens with one attached hydrogen (secondary N) is 1. The lowest BCUT2D eigenvalue weighted by atomic mass is 10.0. The van der Waals surface area contributed by atoms with E-state index in [1.54, 1.807) is 42.1 Å². The van der Waals surface area contributed by atoms with Crippen LogP contribution in [0.15, 0.2) is 52.2 Å². The molecule has 0 saturated heterocycles. The molecule has 0 amide bonds. The lowest BCUT2D eigenvalue weighted by Crippen LogP contribution is -2.22. The summed E-state index contributed by atoms with van der Waals surface area (Å²) in [6, 6.07) is 11.9. The van der Waals surface area contributed by atoms with E-state index in [-0.39, 0.29) is 5.69 Å². The van der Waals surface area contributed by atoms with Gasteiger partial charge in [-0.3, -0.25) is 0 Å². The topological polar surface area (TPSA) is 50.7 Å². The molecule has 3 rings (SSSR count). The third kappa shape index (κ3) is 3.41. The van der Waals surface area contributed by atoms with Crippen LogP contribution in [0.1, 0.15) is 18.3 Å². The smallest absolute Gasteiger partial charge is 0.246 e. The van der Waals surface area contributed by atoms with Crippen LogP contribution in [0.25, 0.3) is 16.8 Å². The molecule has 0 spiro atoms. The molecule has 0 bridgehead atoms. The lowest BCUT2D eigenvalue weighted by molar-refractivity contribution is -0.146. The third-order valence-electron chi connectivity index (χ3n) is 3.71. The van der Waals surface area contributed by atoms with Gasteiger partial charge in [0.15, 0.2) is 0 Å². The summed E-state index contributed by atoms with van der Waals surface area (Å²) in [6.45, 7) is 5.88. The van der Waals surface area contributed by atoms with Crippen LogP contribution in [0.5, 0.6) is 0 Å². The number of H-pyrrole nitrogens is 1. The van der Waals surface area contributed by atoms with E-state index in [0.29, 0.717) is 10.1 Å². The van der Waals surface area contributed by atoms with Crippen molar-refractivity contribution in [2.45, 2.75) is 18.0 Å². The quantitative estimate of drug-likeness (QED) is 0.678. The highest BCUT2D eigenvalue weighted by Gasteiger charge is 2.38. The fourth-order valence-electron chi connectivity index (χ4n) is 2.67. The molecule has 1 N–H and O–H groups in total. The predicted molar refractivity (Wildman–Crippen MR) is 95.5 cm³/mol. The molecule has 0 fully saturated rings. The van der Waals surface area contributed by atoms with E-state index in [0.717, 1.165) is 21.8 Å². The third-order valence-corrected chi connectivity index (χ3v) is 4.64. The van der Waals surface area contributed by atoms with E-state index < -0.39 is 17.7 Å². The molecule has 0 saturated carbocycles. The molecule has 1 heterocycles. The van der Waals surface area contributed by atoms with Gasteiger partial charge in [0.25, 0.3) is 0 Å². The van der Waals surface area contributed by atoms with Gasteiger partial charge in [0.2, 0.25) is 5.82 Å². The maximum absolute atomic E-state index is 13.3. The Morgan fingerprint density at radius 1 is 1.19 bits per heavy atom. The molecule has 0 unspecified atom stereocenters. The lowest BCUT2D eigenvalue weighted by Gasteiger charge is -2.16. The fraction of sp³-hybridized carbons (Fsp3) is 0.167. The summed E-state index contributed by atoms with van der Waals surface area (Å²) in [5.41, 5.74) is 1.23. The normalized spacial score (nSPS) is 11.7. The number of alkyl halides is 3. The number of aromatic amines is 1. The van der Waals surface area contributed by atoms with Crippen molar-refractivity contribution in [3.05, 3.63) is 71.3 Å². The summed E-state index contributed by atoms with van der Waals surface area (Å²) in [5.74, 6) is -0.494. The number of halogens is 3. The first-order chi connectivity index (χ1) is 12.3. The Morgan fingerprint density at radius 2 is 1.92 bits per heavy atom. The zero-order valence-electron chi connectivity index (χ0n) is 13.8. The highest BCUT2D eigenvalue weighted by atomic mass is 32.2. The molecule has 135 valence electrons. The average Bonchev–Trinajstić information content (AvgIpc) is 2.97. The molecule has 26 heavy (non-hydrogen) atoms. The van der Waals surface area contributed by atoms with Crippen molar-refractivity contribution < 1.29 is 13.2 Å². The van der Waals surface area contributed by atoms with E-state index in [1.165, 1.54) is 6.07 Å². The van der Waals surface area contributed by atoms with Crippen LogP contribution in [-0.4, -0.2) is 20.5 Å². The summed E-state index contributed by atoms with van der Waals surface area (Å²) >= 11 is 1.56. The zero-order chi connectivity index (χ0) is 18.9. The number of benzene rings is 2. The van der Waals surface area contributed by atoms with Gasteiger partial charge < -0.3 is 0 Å². The first-order valence-electron chi connectivity index (χ1n) is 7.76.